The molecule has 2 aliphatic rings. The van der Waals surface area contributed by atoms with Crippen molar-refractivity contribution in [2.45, 2.75) is 68.8 Å². The van der Waals surface area contributed by atoms with Crippen molar-refractivity contribution < 1.29 is 13.2 Å². The standard InChI is InChI=1S/C27H34N6O3S/c34-27(29-23-10-4-5-11-23)21-9-7-17-32(37(35,36)24-12-2-1-3-13-24)18-15-25-30-31-26(33(25)19-14-21)22-8-6-16-28-20-22/h1-3,6,8,12-13,16,20-21,23H,4-5,7,9-11,14-15,17-19H2,(H,29,34)/t21-/m0/s1. The van der Waals surface area contributed by atoms with Crippen LogP contribution in [-0.4, -0.2) is 57.5 Å². The Bertz CT molecular complexity index is 1290. The Kier molecular flexibility index (Phi) is 7.95. The summed E-state index contributed by atoms with van der Waals surface area (Å²) in [5.74, 6) is 1.26. The molecule has 0 unspecified atom stereocenters. The van der Waals surface area contributed by atoms with E-state index in [-0.39, 0.29) is 22.8 Å². The third-order valence-corrected chi connectivity index (χ3v) is 9.36. The maximum Gasteiger partial charge on any atom is 0.243 e. The summed E-state index contributed by atoms with van der Waals surface area (Å²) in [6, 6.07) is 12.6. The van der Waals surface area contributed by atoms with Gasteiger partial charge in [-0.25, -0.2) is 8.42 Å². The summed E-state index contributed by atoms with van der Waals surface area (Å²) in [5.41, 5.74) is 0.844. The number of nitrogens with one attached hydrogen (secondary N) is 1. The SMILES string of the molecule is O=C(NC1CCCC1)[C@H]1CCCN(S(=O)(=O)c2ccccc2)CCc2nnc(-c3cccnc3)n2CC1. The molecule has 5 rings (SSSR count). The minimum absolute atomic E-state index is 0.0705. The highest BCUT2D eigenvalue weighted by Crippen LogP contribution is 2.25. The summed E-state index contributed by atoms with van der Waals surface area (Å²) >= 11 is 0. The first-order valence-electron chi connectivity index (χ1n) is 13.2. The van der Waals surface area contributed by atoms with E-state index in [2.05, 4.69) is 20.5 Å². The van der Waals surface area contributed by atoms with Crippen molar-refractivity contribution in [1.82, 2.24) is 29.4 Å². The van der Waals surface area contributed by atoms with Gasteiger partial charge in [0.1, 0.15) is 5.82 Å². The van der Waals surface area contributed by atoms with Crippen LogP contribution in [0.1, 0.15) is 50.8 Å². The van der Waals surface area contributed by atoms with Crippen LogP contribution >= 0.6 is 0 Å². The first-order chi connectivity index (χ1) is 18.0. The van der Waals surface area contributed by atoms with Crippen LogP contribution in [0.25, 0.3) is 11.4 Å². The molecule has 0 spiro atoms. The largest absolute Gasteiger partial charge is 0.353 e. The molecule has 0 bridgehead atoms. The van der Waals surface area contributed by atoms with Crippen molar-refractivity contribution >= 4 is 15.9 Å². The van der Waals surface area contributed by atoms with Gasteiger partial charge in [-0.05, 0) is 56.4 Å². The van der Waals surface area contributed by atoms with Gasteiger partial charge in [-0.2, -0.15) is 4.31 Å². The van der Waals surface area contributed by atoms with Crippen LogP contribution in [0.5, 0.6) is 0 Å². The molecule has 1 fully saturated rings. The molecule has 3 heterocycles. The number of fused-ring (bicyclic) bond motifs is 1. The molecule has 0 radical (unpaired) electrons. The van der Waals surface area contributed by atoms with Crippen molar-refractivity contribution in [3.8, 4) is 11.4 Å². The second kappa shape index (κ2) is 11.5. The van der Waals surface area contributed by atoms with Gasteiger partial charge in [0.25, 0.3) is 0 Å². The molecule has 1 N–H and O–H groups in total. The number of pyridine rings is 1. The number of nitrogens with zero attached hydrogens (tertiary/aromatic N) is 5. The molecule has 196 valence electrons. The van der Waals surface area contributed by atoms with Gasteiger partial charge in [0.05, 0.1) is 4.90 Å². The Labute approximate surface area is 218 Å². The molecule has 3 aromatic rings. The lowest BCUT2D eigenvalue weighted by Gasteiger charge is -2.23. The fraction of sp³-hybridized carbons (Fsp3) is 0.481. The second-order valence-corrected chi connectivity index (χ2v) is 11.9. The summed E-state index contributed by atoms with van der Waals surface area (Å²) in [4.78, 5) is 17.8. The summed E-state index contributed by atoms with van der Waals surface area (Å²) in [6.07, 6.45) is 10.1. The predicted molar refractivity (Wildman–Crippen MR) is 140 cm³/mol. The Morgan fingerprint density at radius 3 is 2.46 bits per heavy atom. The summed E-state index contributed by atoms with van der Waals surface area (Å²) in [7, 11) is -3.68. The Hall–Kier alpha value is -3.11. The zero-order valence-corrected chi connectivity index (χ0v) is 21.8. The second-order valence-electron chi connectivity index (χ2n) is 9.92. The molecular weight excluding hydrogens is 488 g/mol. The van der Waals surface area contributed by atoms with Gasteiger partial charge in [0, 0.05) is 56.0 Å². The van der Waals surface area contributed by atoms with Gasteiger partial charge in [-0.3, -0.25) is 9.78 Å². The van der Waals surface area contributed by atoms with E-state index in [0.29, 0.717) is 57.0 Å². The average Bonchev–Trinajstić information content (AvgIpc) is 3.57. The fourth-order valence-corrected chi connectivity index (χ4v) is 6.88. The van der Waals surface area contributed by atoms with Crippen LogP contribution < -0.4 is 5.32 Å². The monoisotopic (exact) mass is 522 g/mol. The highest BCUT2D eigenvalue weighted by molar-refractivity contribution is 7.89. The lowest BCUT2D eigenvalue weighted by molar-refractivity contribution is -0.126. The maximum atomic E-state index is 13.5. The molecule has 1 aliphatic carbocycles. The molecule has 9 nitrogen and oxygen atoms in total. The van der Waals surface area contributed by atoms with Crippen molar-refractivity contribution in [2.75, 3.05) is 13.1 Å². The number of hydrogen-bond donors (Lipinski definition) is 1. The Morgan fingerprint density at radius 1 is 0.892 bits per heavy atom. The van der Waals surface area contributed by atoms with Crippen LogP contribution in [0, 0.1) is 5.92 Å². The topological polar surface area (TPSA) is 110 Å². The number of carbonyl (C=O) groups excluding carboxylic acids is 1. The van der Waals surface area contributed by atoms with Gasteiger partial charge in [-0.15, -0.1) is 10.2 Å². The molecule has 1 saturated carbocycles. The fourth-order valence-electron chi connectivity index (χ4n) is 5.38. The number of aromatic nitrogens is 4. The molecule has 1 atom stereocenters. The molecule has 1 amide bonds. The molecule has 1 aliphatic heterocycles. The molecule has 2 aromatic heterocycles. The van der Waals surface area contributed by atoms with E-state index in [9.17, 15) is 13.2 Å². The van der Waals surface area contributed by atoms with Crippen LogP contribution in [-0.2, 0) is 27.8 Å². The van der Waals surface area contributed by atoms with E-state index in [4.69, 9.17) is 0 Å². The lowest BCUT2D eigenvalue weighted by atomic mass is 9.97. The maximum absolute atomic E-state index is 13.5. The third kappa shape index (κ3) is 5.91. The Morgan fingerprint density at radius 2 is 1.70 bits per heavy atom. The summed E-state index contributed by atoms with van der Waals surface area (Å²) < 4.78 is 30.6. The van der Waals surface area contributed by atoms with Gasteiger partial charge < -0.3 is 9.88 Å². The van der Waals surface area contributed by atoms with E-state index >= 15 is 0 Å². The van der Waals surface area contributed by atoms with E-state index < -0.39 is 10.0 Å². The minimum Gasteiger partial charge on any atom is -0.353 e. The molecule has 0 saturated heterocycles. The van der Waals surface area contributed by atoms with Crippen molar-refractivity contribution in [3.05, 3.63) is 60.7 Å². The van der Waals surface area contributed by atoms with Gasteiger partial charge in [-0.1, -0.05) is 31.0 Å². The minimum atomic E-state index is -3.68. The van der Waals surface area contributed by atoms with E-state index in [1.165, 1.54) is 4.31 Å². The van der Waals surface area contributed by atoms with E-state index in [1.54, 1.807) is 36.7 Å². The van der Waals surface area contributed by atoms with Crippen LogP contribution in [0.2, 0.25) is 0 Å². The number of amides is 1. The highest BCUT2D eigenvalue weighted by atomic mass is 32.2. The van der Waals surface area contributed by atoms with Crippen molar-refractivity contribution in [2.24, 2.45) is 5.92 Å². The summed E-state index contributed by atoms with van der Waals surface area (Å²) in [5, 5.41) is 12.1. The smallest absolute Gasteiger partial charge is 0.243 e. The van der Waals surface area contributed by atoms with E-state index in [1.807, 2.05) is 22.8 Å². The molecule has 1 aromatic carbocycles. The number of benzene rings is 1. The number of rotatable bonds is 5. The van der Waals surface area contributed by atoms with Gasteiger partial charge in [0.15, 0.2) is 5.82 Å². The molecule has 10 heteroatoms. The van der Waals surface area contributed by atoms with Crippen LogP contribution in [0.15, 0.2) is 59.8 Å². The number of carbonyl (C=O) groups is 1. The quantitative estimate of drug-likeness (QED) is 0.550. The van der Waals surface area contributed by atoms with Crippen LogP contribution in [0.4, 0.5) is 0 Å². The highest BCUT2D eigenvalue weighted by Gasteiger charge is 2.29. The zero-order valence-electron chi connectivity index (χ0n) is 21.0. The first-order valence-corrected chi connectivity index (χ1v) is 14.6. The van der Waals surface area contributed by atoms with Gasteiger partial charge in [0.2, 0.25) is 15.9 Å². The van der Waals surface area contributed by atoms with E-state index in [0.717, 1.165) is 31.2 Å². The molecule has 37 heavy (non-hydrogen) atoms. The van der Waals surface area contributed by atoms with Gasteiger partial charge >= 0.3 is 0 Å². The lowest BCUT2D eigenvalue weighted by Crippen LogP contribution is -2.38. The average molecular weight is 523 g/mol. The van der Waals surface area contributed by atoms with Crippen molar-refractivity contribution in [1.29, 1.82) is 0 Å². The zero-order chi connectivity index (χ0) is 25.7. The number of sulfonamides is 1. The molecular formula is C27H34N6O3S. The first kappa shape index (κ1) is 25.5. The normalized spacial score (nSPS) is 20.2. The van der Waals surface area contributed by atoms with Crippen molar-refractivity contribution in [3.63, 3.8) is 0 Å². The number of hydrogen-bond acceptors (Lipinski definition) is 6. The third-order valence-electron chi connectivity index (χ3n) is 7.45. The Balaban J connectivity index is 1.45. The summed E-state index contributed by atoms with van der Waals surface area (Å²) in [6.45, 7) is 1.23. The van der Waals surface area contributed by atoms with Crippen LogP contribution in [0.3, 0.4) is 0 Å². The predicted octanol–water partition coefficient (Wildman–Crippen LogP) is 3.43.